The van der Waals surface area contributed by atoms with Gasteiger partial charge in [-0.15, -0.1) is 0 Å². The number of rotatable bonds is 9. The van der Waals surface area contributed by atoms with Crippen molar-refractivity contribution in [3.8, 4) is 5.75 Å². The largest absolute Gasteiger partial charge is 0.484 e. The molecule has 2 amide bonds. The van der Waals surface area contributed by atoms with Crippen LogP contribution in [0.4, 0.5) is 0 Å². The number of ether oxygens (including phenoxy) is 1. The van der Waals surface area contributed by atoms with Crippen molar-refractivity contribution >= 4 is 50.9 Å². The highest BCUT2D eigenvalue weighted by Crippen LogP contribution is 2.25. The molecule has 0 saturated carbocycles. The van der Waals surface area contributed by atoms with Crippen molar-refractivity contribution in [1.82, 2.24) is 10.2 Å². The standard InChI is InChI=1S/C22H25BrCl2N2O3/c1-4-20(22(29)26-5-2)27(12-15-6-7-16(24)11-19(15)25)21(28)13-30-17-8-9-18(23)14(3)10-17/h6-11,20H,4-5,12-13H2,1-3H3,(H,26,29). The number of nitrogens with zero attached hydrogens (tertiary/aromatic N) is 1. The number of aryl methyl sites for hydroxylation is 1. The molecule has 2 rings (SSSR count). The molecule has 0 aliphatic rings. The number of hydrogen-bond acceptors (Lipinski definition) is 3. The van der Waals surface area contributed by atoms with Crippen molar-refractivity contribution in [3.63, 3.8) is 0 Å². The van der Waals surface area contributed by atoms with Crippen molar-refractivity contribution in [2.24, 2.45) is 0 Å². The van der Waals surface area contributed by atoms with E-state index in [2.05, 4.69) is 21.2 Å². The molecule has 162 valence electrons. The first-order valence-corrected chi connectivity index (χ1v) is 11.2. The van der Waals surface area contributed by atoms with Crippen LogP contribution in [0.25, 0.3) is 0 Å². The molecule has 0 spiro atoms. The summed E-state index contributed by atoms with van der Waals surface area (Å²) in [4.78, 5) is 27.2. The Morgan fingerprint density at radius 1 is 1.17 bits per heavy atom. The first kappa shape index (κ1) is 24.5. The SMILES string of the molecule is CCNC(=O)C(CC)N(Cc1ccc(Cl)cc1Cl)C(=O)COc1ccc(Br)c(C)c1. The summed E-state index contributed by atoms with van der Waals surface area (Å²) >= 11 is 15.7. The van der Waals surface area contributed by atoms with Crippen LogP contribution < -0.4 is 10.1 Å². The third-order valence-corrected chi connectivity index (χ3v) is 6.06. The van der Waals surface area contributed by atoms with Crippen LogP contribution in [0.1, 0.15) is 31.4 Å². The summed E-state index contributed by atoms with van der Waals surface area (Å²) in [5, 5.41) is 3.74. The smallest absolute Gasteiger partial charge is 0.261 e. The van der Waals surface area contributed by atoms with Crippen LogP contribution >= 0.6 is 39.1 Å². The Morgan fingerprint density at radius 3 is 2.50 bits per heavy atom. The molecule has 2 aromatic carbocycles. The van der Waals surface area contributed by atoms with Gasteiger partial charge in [-0.2, -0.15) is 0 Å². The number of likely N-dealkylation sites (N-methyl/N-ethyl adjacent to an activating group) is 1. The van der Waals surface area contributed by atoms with E-state index in [1.165, 1.54) is 4.90 Å². The second-order valence-corrected chi connectivity index (χ2v) is 8.47. The molecule has 0 aliphatic carbocycles. The van der Waals surface area contributed by atoms with E-state index in [1.54, 1.807) is 24.3 Å². The highest BCUT2D eigenvalue weighted by Gasteiger charge is 2.29. The van der Waals surface area contributed by atoms with Crippen molar-refractivity contribution in [1.29, 1.82) is 0 Å². The number of hydrogen-bond donors (Lipinski definition) is 1. The van der Waals surface area contributed by atoms with Gasteiger partial charge in [0.2, 0.25) is 5.91 Å². The van der Waals surface area contributed by atoms with E-state index >= 15 is 0 Å². The fourth-order valence-corrected chi connectivity index (χ4v) is 3.69. The maximum Gasteiger partial charge on any atom is 0.261 e. The summed E-state index contributed by atoms with van der Waals surface area (Å²) in [6, 6.07) is 9.94. The molecule has 0 radical (unpaired) electrons. The Kier molecular flexibility index (Phi) is 9.46. The van der Waals surface area contributed by atoms with Crippen molar-refractivity contribution in [3.05, 3.63) is 62.0 Å². The normalized spacial score (nSPS) is 11.7. The third kappa shape index (κ3) is 6.62. The number of carbonyl (C=O) groups is 2. The summed E-state index contributed by atoms with van der Waals surface area (Å²) in [5.74, 6) is 0.0668. The summed E-state index contributed by atoms with van der Waals surface area (Å²) in [6.45, 7) is 6.10. The van der Waals surface area contributed by atoms with E-state index in [1.807, 2.05) is 32.9 Å². The van der Waals surface area contributed by atoms with Gasteiger partial charge in [-0.25, -0.2) is 0 Å². The minimum absolute atomic E-state index is 0.174. The third-order valence-electron chi connectivity index (χ3n) is 4.58. The highest BCUT2D eigenvalue weighted by atomic mass is 79.9. The van der Waals surface area contributed by atoms with Crippen LogP contribution in [-0.2, 0) is 16.1 Å². The Morgan fingerprint density at radius 2 is 1.90 bits per heavy atom. The van der Waals surface area contributed by atoms with Crippen LogP contribution in [-0.4, -0.2) is 35.9 Å². The summed E-state index contributed by atoms with van der Waals surface area (Å²) in [5.41, 5.74) is 1.70. The second kappa shape index (κ2) is 11.6. The minimum atomic E-state index is -0.639. The lowest BCUT2D eigenvalue weighted by molar-refractivity contribution is -0.142. The Bertz CT molecular complexity index is 908. The Balaban J connectivity index is 2.24. The summed E-state index contributed by atoms with van der Waals surface area (Å²) < 4.78 is 6.67. The monoisotopic (exact) mass is 514 g/mol. The van der Waals surface area contributed by atoms with Gasteiger partial charge in [0.15, 0.2) is 6.61 Å². The predicted molar refractivity (Wildman–Crippen MR) is 124 cm³/mol. The zero-order chi connectivity index (χ0) is 22.3. The highest BCUT2D eigenvalue weighted by molar-refractivity contribution is 9.10. The van der Waals surface area contributed by atoms with Gasteiger partial charge in [-0.1, -0.05) is 52.1 Å². The van der Waals surface area contributed by atoms with Crippen LogP contribution in [0.3, 0.4) is 0 Å². The molecule has 2 aromatic rings. The van der Waals surface area contributed by atoms with E-state index in [0.717, 1.165) is 10.0 Å². The van der Waals surface area contributed by atoms with Gasteiger partial charge in [-0.05, 0) is 61.7 Å². The second-order valence-electron chi connectivity index (χ2n) is 6.78. The molecule has 1 N–H and O–H groups in total. The zero-order valence-corrected chi connectivity index (χ0v) is 20.3. The van der Waals surface area contributed by atoms with E-state index in [0.29, 0.717) is 34.3 Å². The molecule has 30 heavy (non-hydrogen) atoms. The Labute approximate surface area is 195 Å². The zero-order valence-electron chi connectivity index (χ0n) is 17.2. The Hall–Kier alpha value is -1.76. The molecule has 0 aliphatic heterocycles. The van der Waals surface area contributed by atoms with E-state index < -0.39 is 6.04 Å². The van der Waals surface area contributed by atoms with Gasteiger partial charge in [-0.3, -0.25) is 9.59 Å². The van der Waals surface area contributed by atoms with Crippen LogP contribution in [0.5, 0.6) is 5.75 Å². The fourth-order valence-electron chi connectivity index (χ4n) is 2.98. The topological polar surface area (TPSA) is 58.6 Å². The molecule has 1 unspecified atom stereocenters. The van der Waals surface area contributed by atoms with Crippen LogP contribution in [0.15, 0.2) is 40.9 Å². The molecule has 8 heteroatoms. The van der Waals surface area contributed by atoms with Gasteiger partial charge >= 0.3 is 0 Å². The van der Waals surface area contributed by atoms with Crippen LogP contribution in [0, 0.1) is 6.92 Å². The number of benzene rings is 2. The lowest BCUT2D eigenvalue weighted by Crippen LogP contribution is -2.50. The average molecular weight is 516 g/mol. The van der Waals surface area contributed by atoms with Gasteiger partial charge in [0.25, 0.3) is 5.91 Å². The van der Waals surface area contributed by atoms with Crippen molar-refractivity contribution in [2.45, 2.75) is 39.8 Å². The van der Waals surface area contributed by atoms with E-state index in [4.69, 9.17) is 27.9 Å². The predicted octanol–water partition coefficient (Wildman–Crippen LogP) is 5.39. The number of nitrogens with one attached hydrogen (secondary N) is 1. The molecule has 0 bridgehead atoms. The fraction of sp³-hybridized carbons (Fsp3) is 0.364. The maximum atomic E-state index is 13.1. The van der Waals surface area contributed by atoms with E-state index in [9.17, 15) is 9.59 Å². The molecule has 5 nitrogen and oxygen atoms in total. The maximum absolute atomic E-state index is 13.1. The van der Waals surface area contributed by atoms with E-state index in [-0.39, 0.29) is 25.0 Å². The molecule has 1 atom stereocenters. The molecule has 0 aromatic heterocycles. The van der Waals surface area contributed by atoms with Crippen molar-refractivity contribution in [2.75, 3.05) is 13.2 Å². The summed E-state index contributed by atoms with van der Waals surface area (Å²) in [7, 11) is 0. The first-order valence-electron chi connectivity index (χ1n) is 9.66. The van der Waals surface area contributed by atoms with Gasteiger partial charge in [0, 0.05) is 27.6 Å². The lowest BCUT2D eigenvalue weighted by Gasteiger charge is -2.30. The minimum Gasteiger partial charge on any atom is -0.484 e. The number of carbonyl (C=O) groups excluding carboxylic acids is 2. The molecule has 0 fully saturated rings. The quantitative estimate of drug-likeness (QED) is 0.487. The molecular weight excluding hydrogens is 491 g/mol. The first-order chi connectivity index (χ1) is 14.3. The van der Waals surface area contributed by atoms with Gasteiger partial charge in [0.05, 0.1) is 0 Å². The average Bonchev–Trinajstić information content (AvgIpc) is 2.70. The summed E-state index contributed by atoms with van der Waals surface area (Å²) in [6.07, 6.45) is 0.459. The van der Waals surface area contributed by atoms with Crippen molar-refractivity contribution < 1.29 is 14.3 Å². The molecular formula is C22H25BrCl2N2O3. The molecule has 0 heterocycles. The molecule has 0 saturated heterocycles. The number of halogens is 3. The lowest BCUT2D eigenvalue weighted by atomic mass is 10.1. The van der Waals surface area contributed by atoms with Crippen LogP contribution in [0.2, 0.25) is 10.0 Å². The van der Waals surface area contributed by atoms with Gasteiger partial charge < -0.3 is 15.0 Å². The number of amides is 2. The van der Waals surface area contributed by atoms with Gasteiger partial charge in [0.1, 0.15) is 11.8 Å².